The second-order valence-electron chi connectivity index (χ2n) is 6.23. The monoisotopic (exact) mass is 275 g/mol. The van der Waals surface area contributed by atoms with Gasteiger partial charge in [-0.05, 0) is 23.1 Å². The number of rotatable bonds is 6. The van der Waals surface area contributed by atoms with Gasteiger partial charge < -0.3 is 10.0 Å². The summed E-state index contributed by atoms with van der Waals surface area (Å²) in [4.78, 5) is 13.0. The molecule has 0 radical (unpaired) electrons. The van der Waals surface area contributed by atoms with Crippen molar-refractivity contribution >= 4 is 11.7 Å². The van der Waals surface area contributed by atoms with Crippen LogP contribution in [0.3, 0.4) is 0 Å². The molecule has 0 aliphatic carbocycles. The van der Waals surface area contributed by atoms with Crippen LogP contribution in [-0.2, 0) is 10.2 Å². The van der Waals surface area contributed by atoms with E-state index in [1.165, 1.54) is 5.56 Å². The number of nitrogens with zero attached hydrogens (tertiary/aromatic N) is 1. The molecule has 1 unspecified atom stereocenters. The molecule has 1 atom stereocenters. The Labute approximate surface area is 121 Å². The molecule has 110 valence electrons. The molecule has 0 spiro atoms. The molecule has 1 aromatic carbocycles. The summed E-state index contributed by atoms with van der Waals surface area (Å²) in [5, 5.41) is 9.04. The normalized spacial score (nSPS) is 12.8. The van der Waals surface area contributed by atoms with Crippen LogP contribution in [0.5, 0.6) is 0 Å². The Kier molecular flexibility index (Phi) is 5.37. The second-order valence-corrected chi connectivity index (χ2v) is 6.23. The Morgan fingerprint density at radius 3 is 2.30 bits per heavy atom. The Balaban J connectivity index is 2.92. The van der Waals surface area contributed by atoms with E-state index in [1.807, 2.05) is 4.90 Å². The van der Waals surface area contributed by atoms with Crippen molar-refractivity contribution in [2.24, 2.45) is 5.92 Å². The van der Waals surface area contributed by atoms with Crippen LogP contribution < -0.4 is 4.90 Å². The molecule has 20 heavy (non-hydrogen) atoms. The highest BCUT2D eigenvalue weighted by molar-refractivity contribution is 5.70. The third-order valence-electron chi connectivity index (χ3n) is 3.36. The van der Waals surface area contributed by atoms with Crippen LogP contribution in [0, 0.1) is 5.92 Å². The summed E-state index contributed by atoms with van der Waals surface area (Å²) in [6.07, 6.45) is 1.80. The summed E-state index contributed by atoms with van der Waals surface area (Å²) in [6, 6.07) is 8.32. The van der Waals surface area contributed by atoms with Crippen LogP contribution >= 0.6 is 0 Å². The van der Waals surface area contributed by atoms with Gasteiger partial charge in [0.2, 0.25) is 0 Å². The van der Waals surface area contributed by atoms with E-state index in [9.17, 15) is 4.79 Å². The third-order valence-corrected chi connectivity index (χ3v) is 3.36. The van der Waals surface area contributed by atoms with Crippen molar-refractivity contribution < 1.29 is 9.90 Å². The number of hydrogen-bond acceptors (Lipinski definition) is 2. The average Bonchev–Trinajstić information content (AvgIpc) is 2.37. The van der Waals surface area contributed by atoms with Crippen molar-refractivity contribution in [1.82, 2.24) is 0 Å². The van der Waals surface area contributed by atoms with E-state index in [0.29, 0.717) is 13.1 Å². The van der Waals surface area contributed by atoms with Crippen molar-refractivity contribution in [3.8, 4) is 0 Å². The van der Waals surface area contributed by atoms with E-state index < -0.39 is 11.9 Å². The largest absolute Gasteiger partial charge is 0.481 e. The topological polar surface area (TPSA) is 40.5 Å². The standard InChI is InChI=1S/C17H25NO2/c1-6-11-18(12-13(2)16(19)20)15-9-7-14(8-10-15)17(3,4)5/h6-10,13H,1,11-12H2,2-5H3,(H,19,20). The minimum absolute atomic E-state index is 0.121. The van der Waals surface area contributed by atoms with Gasteiger partial charge in [-0.1, -0.05) is 45.9 Å². The van der Waals surface area contributed by atoms with Crippen molar-refractivity contribution in [1.29, 1.82) is 0 Å². The molecular weight excluding hydrogens is 250 g/mol. The van der Waals surface area contributed by atoms with Crippen LogP contribution in [0.15, 0.2) is 36.9 Å². The minimum Gasteiger partial charge on any atom is -0.481 e. The molecule has 1 N–H and O–H groups in total. The molecule has 0 saturated heterocycles. The molecule has 0 fully saturated rings. The van der Waals surface area contributed by atoms with E-state index in [0.717, 1.165) is 5.69 Å². The lowest BCUT2D eigenvalue weighted by atomic mass is 9.87. The van der Waals surface area contributed by atoms with E-state index in [-0.39, 0.29) is 5.41 Å². The lowest BCUT2D eigenvalue weighted by Crippen LogP contribution is -2.32. The first-order chi connectivity index (χ1) is 9.25. The molecule has 3 nitrogen and oxygen atoms in total. The van der Waals surface area contributed by atoms with Gasteiger partial charge in [0.15, 0.2) is 0 Å². The van der Waals surface area contributed by atoms with Crippen LogP contribution in [0.2, 0.25) is 0 Å². The van der Waals surface area contributed by atoms with Crippen LogP contribution in [0.1, 0.15) is 33.3 Å². The molecule has 0 heterocycles. The summed E-state index contributed by atoms with van der Waals surface area (Å²) >= 11 is 0. The first-order valence-corrected chi connectivity index (χ1v) is 6.95. The van der Waals surface area contributed by atoms with Crippen molar-refractivity contribution in [3.63, 3.8) is 0 Å². The van der Waals surface area contributed by atoms with Gasteiger partial charge in [0.05, 0.1) is 5.92 Å². The van der Waals surface area contributed by atoms with Crippen molar-refractivity contribution in [2.45, 2.75) is 33.1 Å². The maximum absolute atomic E-state index is 11.0. The Morgan fingerprint density at radius 2 is 1.90 bits per heavy atom. The van der Waals surface area contributed by atoms with E-state index in [4.69, 9.17) is 5.11 Å². The van der Waals surface area contributed by atoms with Crippen LogP contribution in [-0.4, -0.2) is 24.2 Å². The van der Waals surface area contributed by atoms with E-state index in [2.05, 4.69) is 51.6 Å². The lowest BCUT2D eigenvalue weighted by Gasteiger charge is -2.26. The fourth-order valence-corrected chi connectivity index (χ4v) is 2.02. The van der Waals surface area contributed by atoms with Gasteiger partial charge >= 0.3 is 5.97 Å². The zero-order valence-corrected chi connectivity index (χ0v) is 12.9. The summed E-state index contributed by atoms with van der Waals surface area (Å²) in [7, 11) is 0. The summed E-state index contributed by atoms with van der Waals surface area (Å²) < 4.78 is 0. The summed E-state index contributed by atoms with van der Waals surface area (Å²) in [6.45, 7) is 13.1. The number of carbonyl (C=O) groups is 1. The van der Waals surface area contributed by atoms with Gasteiger partial charge in [-0.15, -0.1) is 6.58 Å². The predicted molar refractivity (Wildman–Crippen MR) is 84.4 cm³/mol. The Hall–Kier alpha value is -1.77. The predicted octanol–water partition coefficient (Wildman–Crippen LogP) is 3.70. The summed E-state index contributed by atoms with van der Waals surface area (Å²) in [5.74, 6) is -1.18. The molecule has 0 aliphatic heterocycles. The number of aliphatic carboxylic acids is 1. The van der Waals surface area contributed by atoms with E-state index in [1.54, 1.807) is 13.0 Å². The maximum atomic E-state index is 11.0. The first kappa shape index (κ1) is 16.3. The smallest absolute Gasteiger partial charge is 0.308 e. The number of hydrogen-bond donors (Lipinski definition) is 1. The molecule has 3 heteroatoms. The van der Waals surface area contributed by atoms with Gasteiger partial charge in [0, 0.05) is 18.8 Å². The maximum Gasteiger partial charge on any atom is 0.308 e. The fraction of sp³-hybridized carbons (Fsp3) is 0.471. The van der Waals surface area contributed by atoms with Crippen molar-refractivity contribution in [2.75, 3.05) is 18.0 Å². The summed E-state index contributed by atoms with van der Waals surface area (Å²) in [5.41, 5.74) is 2.42. The number of benzene rings is 1. The molecule has 0 bridgehead atoms. The Morgan fingerprint density at radius 1 is 1.35 bits per heavy atom. The number of anilines is 1. The van der Waals surface area contributed by atoms with Gasteiger partial charge in [-0.2, -0.15) is 0 Å². The van der Waals surface area contributed by atoms with E-state index >= 15 is 0 Å². The highest BCUT2D eigenvalue weighted by atomic mass is 16.4. The van der Waals surface area contributed by atoms with Gasteiger partial charge in [0.1, 0.15) is 0 Å². The zero-order chi connectivity index (χ0) is 15.3. The van der Waals surface area contributed by atoms with Crippen LogP contribution in [0.25, 0.3) is 0 Å². The van der Waals surface area contributed by atoms with Crippen LogP contribution in [0.4, 0.5) is 5.69 Å². The molecule has 0 aromatic heterocycles. The van der Waals surface area contributed by atoms with Gasteiger partial charge in [-0.25, -0.2) is 0 Å². The Bertz CT molecular complexity index is 457. The second kappa shape index (κ2) is 6.60. The number of carboxylic acids is 1. The quantitative estimate of drug-likeness (QED) is 0.805. The number of carboxylic acid groups (broad SMARTS) is 1. The fourth-order valence-electron chi connectivity index (χ4n) is 2.02. The molecule has 0 aliphatic rings. The zero-order valence-electron chi connectivity index (χ0n) is 12.9. The molecule has 1 rings (SSSR count). The molecule has 1 aromatic rings. The van der Waals surface area contributed by atoms with Crippen molar-refractivity contribution in [3.05, 3.63) is 42.5 Å². The SMILES string of the molecule is C=CCN(CC(C)C(=O)O)c1ccc(C(C)(C)C)cc1. The first-order valence-electron chi connectivity index (χ1n) is 6.95. The highest BCUT2D eigenvalue weighted by Gasteiger charge is 2.17. The highest BCUT2D eigenvalue weighted by Crippen LogP contribution is 2.25. The van der Waals surface area contributed by atoms with Gasteiger partial charge in [0.25, 0.3) is 0 Å². The third kappa shape index (κ3) is 4.41. The molecule has 0 saturated carbocycles. The molecular formula is C17H25NO2. The molecule has 0 amide bonds. The minimum atomic E-state index is -0.773. The van der Waals surface area contributed by atoms with Gasteiger partial charge in [-0.3, -0.25) is 4.79 Å². The lowest BCUT2D eigenvalue weighted by molar-refractivity contribution is -0.140. The average molecular weight is 275 g/mol.